The molecule has 0 aromatic heterocycles. The monoisotopic (exact) mass is 212 g/mol. The Labute approximate surface area is 90.6 Å². The number of fused-ring (bicyclic) bond motifs is 1. The van der Waals surface area contributed by atoms with Gasteiger partial charge in [-0.05, 0) is 30.2 Å². The Morgan fingerprint density at radius 1 is 1.43 bits per heavy atom. The van der Waals surface area contributed by atoms with E-state index < -0.39 is 0 Å². The molecule has 2 nitrogen and oxygen atoms in total. The van der Waals surface area contributed by atoms with Crippen molar-refractivity contribution in [3.05, 3.63) is 28.8 Å². The van der Waals surface area contributed by atoms with Gasteiger partial charge in [0.1, 0.15) is 0 Å². The van der Waals surface area contributed by atoms with Gasteiger partial charge in [0.15, 0.2) is 0 Å². The van der Waals surface area contributed by atoms with Gasteiger partial charge in [0.05, 0.1) is 5.69 Å². The molecule has 1 aliphatic rings. The normalized spacial score (nSPS) is 13.3. The summed E-state index contributed by atoms with van der Waals surface area (Å²) in [5.74, 6) is 5.69. The molecule has 1 heterocycles. The van der Waals surface area contributed by atoms with E-state index in [4.69, 9.17) is 17.4 Å². The molecular weight excluding hydrogens is 196 g/mol. The van der Waals surface area contributed by atoms with Crippen LogP contribution in [0, 0.1) is 0 Å². The van der Waals surface area contributed by atoms with E-state index >= 15 is 0 Å². The molecule has 14 heavy (non-hydrogen) atoms. The van der Waals surface area contributed by atoms with Crippen molar-refractivity contribution in [1.29, 1.82) is 0 Å². The Kier molecular flexibility index (Phi) is 4.23. The zero-order valence-electron chi connectivity index (χ0n) is 8.76. The molecule has 78 valence electrons. The first-order valence-corrected chi connectivity index (χ1v) is 5.37. The maximum atomic E-state index is 5.81. The number of hydrogen-bond donors (Lipinski definition) is 1. The highest BCUT2D eigenvalue weighted by Gasteiger charge is 2.15. The van der Waals surface area contributed by atoms with Gasteiger partial charge in [-0.25, -0.2) is 5.84 Å². The zero-order chi connectivity index (χ0) is 10.6. The Morgan fingerprint density at radius 3 is 2.71 bits per heavy atom. The first-order valence-electron chi connectivity index (χ1n) is 4.99. The minimum atomic E-state index is 0.791. The highest BCUT2D eigenvalue weighted by Crippen LogP contribution is 2.27. The standard InChI is InChI=1S/C8H9ClN2.C3H8/c9-7-1-2-8-6(5-7)3-4-11(8)10;1-3-2/h1-2,5H,3-4,10H2;3H2,1-2H3. The lowest BCUT2D eigenvalue weighted by molar-refractivity contribution is 0.891. The lowest BCUT2D eigenvalue weighted by Crippen LogP contribution is -2.27. The van der Waals surface area contributed by atoms with Crippen molar-refractivity contribution in [3.63, 3.8) is 0 Å². The first-order chi connectivity index (χ1) is 6.69. The highest BCUT2D eigenvalue weighted by molar-refractivity contribution is 6.30. The molecule has 0 unspecified atom stereocenters. The molecule has 0 atom stereocenters. The van der Waals surface area contributed by atoms with Crippen LogP contribution >= 0.6 is 11.6 Å². The molecule has 0 radical (unpaired) electrons. The summed E-state index contributed by atoms with van der Waals surface area (Å²) in [6, 6.07) is 5.81. The second-order valence-corrected chi connectivity index (χ2v) is 3.86. The summed E-state index contributed by atoms with van der Waals surface area (Å²) in [5, 5.41) is 2.55. The Bertz CT molecular complexity index is 299. The summed E-state index contributed by atoms with van der Waals surface area (Å²) < 4.78 is 0. The molecule has 1 aromatic carbocycles. The van der Waals surface area contributed by atoms with Crippen LogP contribution in [0.1, 0.15) is 25.8 Å². The fraction of sp³-hybridized carbons (Fsp3) is 0.455. The summed E-state index contributed by atoms with van der Waals surface area (Å²) >= 11 is 5.81. The average Bonchev–Trinajstić information content (AvgIpc) is 2.49. The van der Waals surface area contributed by atoms with Crippen molar-refractivity contribution in [2.45, 2.75) is 26.7 Å². The van der Waals surface area contributed by atoms with Crippen LogP contribution in [-0.4, -0.2) is 6.54 Å². The predicted molar refractivity (Wildman–Crippen MR) is 62.7 cm³/mol. The molecule has 0 aliphatic carbocycles. The molecule has 0 fully saturated rings. The van der Waals surface area contributed by atoms with Gasteiger partial charge >= 0.3 is 0 Å². The van der Waals surface area contributed by atoms with Crippen molar-refractivity contribution in [2.75, 3.05) is 11.6 Å². The molecule has 1 aromatic rings. The van der Waals surface area contributed by atoms with Crippen LogP contribution in [0.5, 0.6) is 0 Å². The molecule has 0 saturated carbocycles. The lowest BCUT2D eigenvalue weighted by atomic mass is 10.2. The first kappa shape index (κ1) is 11.3. The van der Waals surface area contributed by atoms with Gasteiger partial charge in [-0.15, -0.1) is 0 Å². The number of hydrogen-bond acceptors (Lipinski definition) is 2. The predicted octanol–water partition coefficient (Wildman–Crippen LogP) is 2.99. The number of nitrogens with two attached hydrogens (primary N) is 1. The molecule has 0 amide bonds. The van der Waals surface area contributed by atoms with E-state index in [2.05, 4.69) is 13.8 Å². The van der Waals surface area contributed by atoms with E-state index in [1.54, 1.807) is 5.01 Å². The third kappa shape index (κ3) is 2.63. The van der Waals surface area contributed by atoms with E-state index in [1.807, 2.05) is 18.2 Å². The van der Waals surface area contributed by atoms with Gasteiger partial charge in [0, 0.05) is 11.6 Å². The number of hydrazine groups is 1. The number of anilines is 1. The molecule has 2 N–H and O–H groups in total. The Morgan fingerprint density at radius 2 is 2.07 bits per heavy atom. The van der Waals surface area contributed by atoms with Gasteiger partial charge in [-0.3, -0.25) is 0 Å². The maximum absolute atomic E-state index is 5.81. The largest absolute Gasteiger partial charge is 0.310 e. The van der Waals surface area contributed by atoms with Gasteiger partial charge in [-0.2, -0.15) is 0 Å². The van der Waals surface area contributed by atoms with Crippen molar-refractivity contribution >= 4 is 17.3 Å². The summed E-state index contributed by atoms with van der Waals surface area (Å²) in [5.41, 5.74) is 2.36. The summed E-state index contributed by atoms with van der Waals surface area (Å²) in [7, 11) is 0. The average molecular weight is 213 g/mol. The van der Waals surface area contributed by atoms with Crippen LogP contribution in [0.3, 0.4) is 0 Å². The molecular formula is C11H17ClN2. The van der Waals surface area contributed by atoms with Gasteiger partial charge in [0.2, 0.25) is 0 Å². The van der Waals surface area contributed by atoms with E-state index in [0.717, 1.165) is 23.7 Å². The minimum absolute atomic E-state index is 0.791. The number of benzene rings is 1. The van der Waals surface area contributed by atoms with Crippen LogP contribution < -0.4 is 10.9 Å². The summed E-state index contributed by atoms with van der Waals surface area (Å²) in [6.07, 6.45) is 2.26. The zero-order valence-corrected chi connectivity index (χ0v) is 9.51. The second-order valence-electron chi connectivity index (χ2n) is 3.42. The number of halogens is 1. The van der Waals surface area contributed by atoms with Crippen molar-refractivity contribution in [2.24, 2.45) is 5.84 Å². The van der Waals surface area contributed by atoms with Crippen molar-refractivity contribution in [1.82, 2.24) is 0 Å². The topological polar surface area (TPSA) is 29.3 Å². The fourth-order valence-corrected chi connectivity index (χ4v) is 1.59. The Hall–Kier alpha value is -0.730. The minimum Gasteiger partial charge on any atom is -0.310 e. The van der Waals surface area contributed by atoms with Crippen LogP contribution in [0.15, 0.2) is 18.2 Å². The molecule has 3 heteroatoms. The number of rotatable bonds is 0. The molecule has 2 rings (SSSR count). The molecule has 0 spiro atoms. The van der Waals surface area contributed by atoms with Gasteiger partial charge < -0.3 is 5.01 Å². The second kappa shape index (κ2) is 5.23. The third-order valence-electron chi connectivity index (χ3n) is 1.97. The number of nitrogens with zero attached hydrogens (tertiary/aromatic N) is 1. The summed E-state index contributed by atoms with van der Waals surface area (Å²) in [6.45, 7) is 5.15. The lowest BCUT2D eigenvalue weighted by Gasteiger charge is -2.10. The van der Waals surface area contributed by atoms with Crippen molar-refractivity contribution < 1.29 is 0 Å². The SMILES string of the molecule is CCC.NN1CCc2cc(Cl)ccc21. The van der Waals surface area contributed by atoms with Crippen molar-refractivity contribution in [3.8, 4) is 0 Å². The Balaban J connectivity index is 0.000000293. The van der Waals surface area contributed by atoms with Crippen LogP contribution in [0.25, 0.3) is 0 Å². The summed E-state index contributed by atoms with van der Waals surface area (Å²) in [4.78, 5) is 0. The van der Waals surface area contributed by atoms with E-state index in [9.17, 15) is 0 Å². The van der Waals surface area contributed by atoms with Crippen LogP contribution in [0.2, 0.25) is 5.02 Å². The highest BCUT2D eigenvalue weighted by atomic mass is 35.5. The third-order valence-corrected chi connectivity index (χ3v) is 2.21. The quantitative estimate of drug-likeness (QED) is 0.670. The van der Waals surface area contributed by atoms with E-state index in [0.29, 0.717) is 0 Å². The molecule has 0 bridgehead atoms. The smallest absolute Gasteiger partial charge is 0.0550 e. The molecule has 0 saturated heterocycles. The van der Waals surface area contributed by atoms with Gasteiger partial charge in [-0.1, -0.05) is 31.9 Å². The van der Waals surface area contributed by atoms with Crippen LogP contribution in [-0.2, 0) is 6.42 Å². The fourth-order valence-electron chi connectivity index (χ4n) is 1.40. The van der Waals surface area contributed by atoms with E-state index in [-0.39, 0.29) is 0 Å². The maximum Gasteiger partial charge on any atom is 0.0550 e. The molecule has 1 aliphatic heterocycles. The van der Waals surface area contributed by atoms with Crippen LogP contribution in [0.4, 0.5) is 5.69 Å². The van der Waals surface area contributed by atoms with E-state index in [1.165, 1.54) is 12.0 Å². The van der Waals surface area contributed by atoms with Gasteiger partial charge in [0.25, 0.3) is 0 Å².